The van der Waals surface area contributed by atoms with Gasteiger partial charge in [-0.25, -0.2) is 4.39 Å². The molecule has 1 aromatic carbocycles. The van der Waals surface area contributed by atoms with Crippen LogP contribution in [0.5, 0.6) is 0 Å². The van der Waals surface area contributed by atoms with E-state index in [1.54, 1.807) is 30.5 Å². The van der Waals surface area contributed by atoms with Gasteiger partial charge in [-0.15, -0.1) is 0 Å². The summed E-state index contributed by atoms with van der Waals surface area (Å²) in [6.07, 6.45) is 2.90. The van der Waals surface area contributed by atoms with Crippen LogP contribution in [0.25, 0.3) is 0 Å². The summed E-state index contributed by atoms with van der Waals surface area (Å²) >= 11 is 12.2. The Morgan fingerprint density at radius 3 is 2.85 bits per heavy atom. The second-order valence-corrected chi connectivity index (χ2v) is 8.42. The van der Waals surface area contributed by atoms with Crippen LogP contribution in [-0.2, 0) is 20.8 Å². The SMILES string of the molecule is O=C(NC1CC1c1ccc(Cl)cc1Cl)[C@]1(F)CC[C@@]2(CO2)c2ncccc21. The van der Waals surface area contributed by atoms with Gasteiger partial charge in [0, 0.05) is 33.8 Å². The number of ether oxygens (including phenoxy) is 1. The molecule has 7 heteroatoms. The van der Waals surface area contributed by atoms with Gasteiger partial charge in [0.15, 0.2) is 0 Å². The minimum Gasteiger partial charge on any atom is -0.363 e. The molecule has 1 saturated heterocycles. The predicted molar refractivity (Wildman–Crippen MR) is 99.6 cm³/mol. The molecular weight excluding hydrogens is 390 g/mol. The summed E-state index contributed by atoms with van der Waals surface area (Å²) in [7, 11) is 0. The van der Waals surface area contributed by atoms with Crippen LogP contribution in [0.4, 0.5) is 4.39 Å². The maximum Gasteiger partial charge on any atom is 0.262 e. The van der Waals surface area contributed by atoms with Crippen molar-refractivity contribution in [3.05, 3.63) is 63.4 Å². The van der Waals surface area contributed by atoms with Crippen LogP contribution in [0, 0.1) is 0 Å². The molecule has 1 saturated carbocycles. The molecule has 0 bridgehead atoms. The van der Waals surface area contributed by atoms with E-state index in [1.807, 2.05) is 6.07 Å². The average Bonchev–Trinajstić information content (AvgIpc) is 3.57. The maximum atomic E-state index is 15.8. The van der Waals surface area contributed by atoms with E-state index >= 15 is 4.39 Å². The average molecular weight is 407 g/mol. The maximum absolute atomic E-state index is 15.8. The van der Waals surface area contributed by atoms with Crippen molar-refractivity contribution in [3.63, 3.8) is 0 Å². The van der Waals surface area contributed by atoms with Crippen LogP contribution in [-0.4, -0.2) is 23.5 Å². The van der Waals surface area contributed by atoms with E-state index in [9.17, 15) is 4.79 Å². The first-order valence-electron chi connectivity index (χ1n) is 8.98. The van der Waals surface area contributed by atoms with Crippen molar-refractivity contribution >= 4 is 29.1 Å². The van der Waals surface area contributed by atoms with Gasteiger partial charge in [0.2, 0.25) is 5.67 Å². The Kier molecular flexibility index (Phi) is 3.81. The number of amides is 1. The Morgan fingerprint density at radius 2 is 2.11 bits per heavy atom. The van der Waals surface area contributed by atoms with E-state index in [-0.39, 0.29) is 18.4 Å². The van der Waals surface area contributed by atoms with E-state index < -0.39 is 17.2 Å². The number of pyridine rings is 1. The standard InChI is InChI=1S/C20H17Cl2FN2O2/c21-11-3-4-12(15(22)8-11)13-9-16(13)25-18(26)20(23)6-5-19(10-27-19)17-14(20)2-1-7-24-17/h1-4,7-8,13,16H,5-6,9-10H2,(H,25,26)/t13?,16?,19-,20+/m1/s1. The number of carbonyl (C=O) groups is 1. The van der Waals surface area contributed by atoms with Crippen LogP contribution < -0.4 is 5.32 Å². The third-order valence-corrected chi connectivity index (χ3v) is 6.42. The molecular formula is C20H17Cl2FN2O2. The first-order valence-corrected chi connectivity index (χ1v) is 9.73. The molecule has 4 atom stereocenters. The highest BCUT2D eigenvalue weighted by Crippen LogP contribution is 2.53. The molecule has 2 aliphatic carbocycles. The molecule has 4 nitrogen and oxygen atoms in total. The van der Waals surface area contributed by atoms with E-state index in [4.69, 9.17) is 27.9 Å². The Bertz CT molecular complexity index is 949. The summed E-state index contributed by atoms with van der Waals surface area (Å²) in [4.78, 5) is 17.2. The van der Waals surface area contributed by atoms with E-state index in [1.165, 1.54) is 0 Å². The number of fused-ring (bicyclic) bond motifs is 2. The number of alkyl halides is 1. The Balaban J connectivity index is 1.36. The van der Waals surface area contributed by atoms with Gasteiger partial charge >= 0.3 is 0 Å². The van der Waals surface area contributed by atoms with E-state index in [0.29, 0.717) is 34.3 Å². The summed E-state index contributed by atoms with van der Waals surface area (Å²) in [5, 5.41) is 4.00. The van der Waals surface area contributed by atoms with Gasteiger partial charge in [-0.1, -0.05) is 35.3 Å². The molecule has 1 spiro atoms. The van der Waals surface area contributed by atoms with Crippen LogP contribution in [0.15, 0.2) is 36.5 Å². The number of nitrogens with zero attached hydrogens (tertiary/aromatic N) is 1. The lowest BCUT2D eigenvalue weighted by Crippen LogP contribution is -2.46. The molecule has 1 N–H and O–H groups in total. The molecule has 140 valence electrons. The number of carbonyl (C=O) groups excluding carboxylic acids is 1. The summed E-state index contributed by atoms with van der Waals surface area (Å²) in [6.45, 7) is 0.536. The number of halogens is 3. The van der Waals surface area contributed by atoms with Gasteiger partial charge in [0.05, 0.1) is 12.3 Å². The van der Waals surface area contributed by atoms with Gasteiger partial charge in [0.25, 0.3) is 5.91 Å². The van der Waals surface area contributed by atoms with Crippen molar-refractivity contribution in [1.29, 1.82) is 0 Å². The third-order valence-electron chi connectivity index (χ3n) is 5.86. The predicted octanol–water partition coefficient (Wildman–Crippen LogP) is 4.24. The molecule has 2 fully saturated rings. The Hall–Kier alpha value is -1.69. The summed E-state index contributed by atoms with van der Waals surface area (Å²) < 4.78 is 21.4. The van der Waals surface area contributed by atoms with Crippen LogP contribution in [0.3, 0.4) is 0 Å². The van der Waals surface area contributed by atoms with Crippen molar-refractivity contribution in [2.75, 3.05) is 6.61 Å². The molecule has 5 rings (SSSR count). The normalized spacial score (nSPS) is 33.4. The van der Waals surface area contributed by atoms with Crippen LogP contribution in [0.2, 0.25) is 10.0 Å². The van der Waals surface area contributed by atoms with E-state index in [0.717, 1.165) is 12.0 Å². The topological polar surface area (TPSA) is 54.5 Å². The van der Waals surface area contributed by atoms with Crippen LogP contribution >= 0.6 is 23.2 Å². The lowest BCUT2D eigenvalue weighted by atomic mass is 9.77. The fourth-order valence-corrected chi connectivity index (χ4v) is 4.65. The fraction of sp³-hybridized carbons (Fsp3) is 0.400. The van der Waals surface area contributed by atoms with Gasteiger partial charge in [-0.05, 0) is 43.0 Å². The van der Waals surface area contributed by atoms with Gasteiger partial charge in [-0.2, -0.15) is 0 Å². The number of nitrogens with one attached hydrogen (secondary N) is 1. The van der Waals surface area contributed by atoms with Gasteiger partial charge < -0.3 is 10.1 Å². The summed E-state index contributed by atoms with van der Waals surface area (Å²) in [6, 6.07) is 8.50. The molecule has 0 radical (unpaired) electrons. The number of rotatable bonds is 3. The number of aromatic nitrogens is 1. The zero-order chi connectivity index (χ0) is 18.8. The van der Waals surface area contributed by atoms with Crippen molar-refractivity contribution in [2.45, 2.75) is 42.5 Å². The lowest BCUT2D eigenvalue weighted by Gasteiger charge is -2.33. The fourth-order valence-electron chi connectivity index (χ4n) is 4.10. The minimum atomic E-state index is -2.09. The van der Waals surface area contributed by atoms with Gasteiger partial charge in [-0.3, -0.25) is 9.78 Å². The lowest BCUT2D eigenvalue weighted by molar-refractivity contribution is -0.135. The molecule has 27 heavy (non-hydrogen) atoms. The zero-order valence-corrected chi connectivity index (χ0v) is 15.9. The molecule has 1 aliphatic heterocycles. The summed E-state index contributed by atoms with van der Waals surface area (Å²) in [5.74, 6) is -0.526. The molecule has 2 heterocycles. The molecule has 2 unspecified atom stereocenters. The largest absolute Gasteiger partial charge is 0.363 e. The summed E-state index contributed by atoms with van der Waals surface area (Å²) in [5.41, 5.74) is -0.770. The monoisotopic (exact) mass is 406 g/mol. The van der Waals surface area contributed by atoms with Crippen molar-refractivity contribution in [3.8, 4) is 0 Å². The number of hydrogen-bond donors (Lipinski definition) is 1. The van der Waals surface area contributed by atoms with Crippen molar-refractivity contribution in [2.24, 2.45) is 0 Å². The highest BCUT2D eigenvalue weighted by molar-refractivity contribution is 6.35. The zero-order valence-electron chi connectivity index (χ0n) is 14.3. The Labute approximate surface area is 166 Å². The molecule has 2 aromatic rings. The molecule has 1 amide bonds. The number of hydrogen-bond acceptors (Lipinski definition) is 3. The minimum absolute atomic E-state index is 0.0809. The van der Waals surface area contributed by atoms with Gasteiger partial charge in [0.1, 0.15) is 5.60 Å². The molecule has 3 aliphatic rings. The first-order chi connectivity index (χ1) is 12.9. The number of benzene rings is 1. The molecule has 1 aromatic heterocycles. The number of epoxide rings is 1. The van der Waals surface area contributed by atoms with Crippen molar-refractivity contribution < 1.29 is 13.9 Å². The quantitative estimate of drug-likeness (QED) is 0.775. The van der Waals surface area contributed by atoms with Crippen LogP contribution in [0.1, 0.15) is 42.0 Å². The highest BCUT2D eigenvalue weighted by atomic mass is 35.5. The van der Waals surface area contributed by atoms with Crippen molar-refractivity contribution in [1.82, 2.24) is 10.3 Å². The second kappa shape index (κ2) is 5.90. The Morgan fingerprint density at radius 1 is 1.30 bits per heavy atom. The second-order valence-electron chi connectivity index (χ2n) is 7.57. The smallest absolute Gasteiger partial charge is 0.262 e. The third kappa shape index (κ3) is 2.75. The first kappa shape index (κ1) is 17.4. The highest BCUT2D eigenvalue weighted by Gasteiger charge is 2.59. The van der Waals surface area contributed by atoms with E-state index in [2.05, 4.69) is 10.3 Å².